The molecule has 1 saturated heterocycles. The molecule has 3 rings (SSSR count). The van der Waals surface area contributed by atoms with E-state index in [2.05, 4.69) is 10.3 Å². The van der Waals surface area contributed by atoms with E-state index in [-0.39, 0.29) is 23.3 Å². The number of amides is 2. The molecule has 2 aromatic rings. The molecule has 1 aliphatic heterocycles. The van der Waals surface area contributed by atoms with E-state index < -0.39 is 11.7 Å². The van der Waals surface area contributed by atoms with E-state index in [0.717, 1.165) is 17.7 Å². The van der Waals surface area contributed by atoms with E-state index in [9.17, 15) is 22.8 Å². The number of carbonyl (C=O) groups excluding carboxylic acids is 2. The van der Waals surface area contributed by atoms with E-state index >= 15 is 0 Å². The summed E-state index contributed by atoms with van der Waals surface area (Å²) < 4.78 is 43.5. The number of ether oxygens (including phenoxy) is 1. The van der Waals surface area contributed by atoms with Gasteiger partial charge in [-0.15, -0.1) is 0 Å². The summed E-state index contributed by atoms with van der Waals surface area (Å²) >= 11 is 0. The minimum absolute atomic E-state index is 0.104. The molecule has 6 nitrogen and oxygen atoms in total. The minimum atomic E-state index is -4.44. The molecular formula is C22H24F3N3O3. The summed E-state index contributed by atoms with van der Waals surface area (Å²) in [6, 6.07) is 7.80. The number of likely N-dealkylation sites (tertiary alicyclic amines) is 1. The summed E-state index contributed by atoms with van der Waals surface area (Å²) in [6.07, 6.45) is -1.83. The molecule has 1 aromatic heterocycles. The van der Waals surface area contributed by atoms with E-state index in [1.807, 2.05) is 13.0 Å². The molecule has 0 aliphatic carbocycles. The number of pyridine rings is 1. The monoisotopic (exact) mass is 435 g/mol. The first-order valence-corrected chi connectivity index (χ1v) is 10.1. The highest BCUT2D eigenvalue weighted by Crippen LogP contribution is 2.29. The molecule has 9 heteroatoms. The molecule has 166 valence electrons. The quantitative estimate of drug-likeness (QED) is 0.752. The van der Waals surface area contributed by atoms with Gasteiger partial charge in [-0.3, -0.25) is 9.59 Å². The van der Waals surface area contributed by atoms with Crippen molar-refractivity contribution in [2.24, 2.45) is 5.92 Å². The summed E-state index contributed by atoms with van der Waals surface area (Å²) in [5.41, 5.74) is 0.198. The SMILES string of the molecule is CCOc1ncccc1CNC(=O)C1CCN(C(=O)c2ccc(C(F)(F)F)cc2)CC1. The summed E-state index contributed by atoms with van der Waals surface area (Å²) in [6.45, 7) is 3.37. The summed E-state index contributed by atoms with van der Waals surface area (Å²) in [7, 11) is 0. The van der Waals surface area contributed by atoms with Crippen LogP contribution in [0.3, 0.4) is 0 Å². The van der Waals surface area contributed by atoms with Gasteiger partial charge in [0.2, 0.25) is 11.8 Å². The minimum Gasteiger partial charge on any atom is -0.478 e. The number of hydrogen-bond donors (Lipinski definition) is 1. The fourth-order valence-corrected chi connectivity index (χ4v) is 3.48. The lowest BCUT2D eigenvalue weighted by molar-refractivity contribution is -0.137. The first-order chi connectivity index (χ1) is 14.8. The van der Waals surface area contributed by atoms with Gasteiger partial charge in [0.05, 0.1) is 12.2 Å². The van der Waals surface area contributed by atoms with Crippen LogP contribution in [-0.2, 0) is 17.5 Å². The van der Waals surface area contributed by atoms with Crippen LogP contribution < -0.4 is 10.1 Å². The Hall–Kier alpha value is -3.10. The topological polar surface area (TPSA) is 71.5 Å². The molecule has 0 bridgehead atoms. The molecule has 1 fully saturated rings. The molecule has 2 heterocycles. The van der Waals surface area contributed by atoms with Crippen LogP contribution in [0.15, 0.2) is 42.6 Å². The zero-order valence-corrected chi connectivity index (χ0v) is 17.1. The maximum Gasteiger partial charge on any atom is 0.416 e. The van der Waals surface area contributed by atoms with E-state index in [1.165, 1.54) is 12.1 Å². The lowest BCUT2D eigenvalue weighted by Crippen LogP contribution is -2.43. The van der Waals surface area contributed by atoms with Crippen LogP contribution in [-0.4, -0.2) is 41.4 Å². The molecule has 1 N–H and O–H groups in total. The lowest BCUT2D eigenvalue weighted by atomic mass is 9.95. The van der Waals surface area contributed by atoms with Crippen LogP contribution in [0.4, 0.5) is 13.2 Å². The zero-order chi connectivity index (χ0) is 22.4. The van der Waals surface area contributed by atoms with Crippen LogP contribution in [0.5, 0.6) is 5.88 Å². The van der Waals surface area contributed by atoms with Crippen LogP contribution in [0.2, 0.25) is 0 Å². The van der Waals surface area contributed by atoms with Gasteiger partial charge < -0.3 is 15.0 Å². The zero-order valence-electron chi connectivity index (χ0n) is 17.1. The van der Waals surface area contributed by atoms with Crippen LogP contribution in [0, 0.1) is 5.92 Å². The summed E-state index contributed by atoms with van der Waals surface area (Å²) in [5, 5.41) is 2.89. The van der Waals surface area contributed by atoms with Crippen molar-refractivity contribution >= 4 is 11.8 Å². The van der Waals surface area contributed by atoms with Crippen molar-refractivity contribution in [2.45, 2.75) is 32.5 Å². The van der Waals surface area contributed by atoms with Crippen molar-refractivity contribution in [2.75, 3.05) is 19.7 Å². The third kappa shape index (κ3) is 5.74. The summed E-state index contributed by atoms with van der Waals surface area (Å²) in [4.78, 5) is 30.8. The first kappa shape index (κ1) is 22.6. The highest BCUT2D eigenvalue weighted by atomic mass is 19.4. The molecule has 31 heavy (non-hydrogen) atoms. The fourth-order valence-electron chi connectivity index (χ4n) is 3.48. The van der Waals surface area contributed by atoms with Gasteiger partial charge in [-0.2, -0.15) is 13.2 Å². The van der Waals surface area contributed by atoms with Crippen molar-refractivity contribution in [3.63, 3.8) is 0 Å². The number of carbonyl (C=O) groups is 2. The molecular weight excluding hydrogens is 411 g/mol. The van der Waals surface area contributed by atoms with E-state index in [1.54, 1.807) is 17.2 Å². The van der Waals surface area contributed by atoms with E-state index in [4.69, 9.17) is 4.74 Å². The number of rotatable bonds is 6. The van der Waals surface area contributed by atoms with Crippen LogP contribution >= 0.6 is 0 Å². The van der Waals surface area contributed by atoms with Gasteiger partial charge >= 0.3 is 6.18 Å². The Morgan fingerprint density at radius 3 is 2.45 bits per heavy atom. The molecule has 1 aliphatic rings. The number of benzene rings is 1. The second-order valence-corrected chi connectivity index (χ2v) is 7.26. The van der Waals surface area contributed by atoms with Gasteiger partial charge in [-0.05, 0) is 50.1 Å². The summed E-state index contributed by atoms with van der Waals surface area (Å²) in [5.74, 6) is -0.177. The number of alkyl halides is 3. The Labute approximate surface area is 178 Å². The van der Waals surface area contributed by atoms with Crippen LogP contribution in [0.25, 0.3) is 0 Å². The third-order valence-electron chi connectivity index (χ3n) is 5.20. The Morgan fingerprint density at radius 2 is 1.84 bits per heavy atom. The van der Waals surface area contributed by atoms with Crippen molar-refractivity contribution in [1.82, 2.24) is 15.2 Å². The Morgan fingerprint density at radius 1 is 1.16 bits per heavy atom. The predicted molar refractivity (Wildman–Crippen MR) is 107 cm³/mol. The van der Waals surface area contributed by atoms with Crippen molar-refractivity contribution < 1.29 is 27.5 Å². The van der Waals surface area contributed by atoms with E-state index in [0.29, 0.717) is 45.0 Å². The average Bonchev–Trinajstić information content (AvgIpc) is 2.77. The maximum atomic E-state index is 12.7. The first-order valence-electron chi connectivity index (χ1n) is 10.1. The smallest absolute Gasteiger partial charge is 0.416 e. The van der Waals surface area contributed by atoms with Crippen LogP contribution in [0.1, 0.15) is 41.3 Å². The van der Waals surface area contributed by atoms with Gasteiger partial charge in [0.1, 0.15) is 0 Å². The fraction of sp³-hybridized carbons (Fsp3) is 0.409. The molecule has 0 spiro atoms. The Balaban J connectivity index is 1.51. The Bertz CT molecular complexity index is 908. The highest BCUT2D eigenvalue weighted by molar-refractivity contribution is 5.94. The average molecular weight is 435 g/mol. The predicted octanol–water partition coefficient (Wildman–Crippen LogP) is 3.67. The van der Waals surface area contributed by atoms with Gasteiger partial charge in [0, 0.05) is 42.9 Å². The Kier molecular flexibility index (Phi) is 7.14. The molecule has 2 amide bonds. The highest BCUT2D eigenvalue weighted by Gasteiger charge is 2.31. The second kappa shape index (κ2) is 9.80. The number of halogens is 3. The molecule has 0 saturated carbocycles. The van der Waals surface area contributed by atoms with Gasteiger partial charge in [-0.1, -0.05) is 6.07 Å². The van der Waals surface area contributed by atoms with Gasteiger partial charge in [0.25, 0.3) is 5.91 Å². The number of hydrogen-bond acceptors (Lipinski definition) is 4. The molecule has 0 atom stereocenters. The molecule has 1 aromatic carbocycles. The van der Waals surface area contributed by atoms with Gasteiger partial charge in [-0.25, -0.2) is 4.98 Å². The van der Waals surface area contributed by atoms with Crippen molar-refractivity contribution in [3.8, 4) is 5.88 Å². The van der Waals surface area contributed by atoms with Crippen molar-refractivity contribution in [3.05, 3.63) is 59.3 Å². The maximum absolute atomic E-state index is 12.7. The number of aromatic nitrogens is 1. The number of nitrogens with one attached hydrogen (secondary N) is 1. The number of nitrogens with zero attached hydrogens (tertiary/aromatic N) is 2. The van der Waals surface area contributed by atoms with Crippen molar-refractivity contribution in [1.29, 1.82) is 0 Å². The standard InChI is InChI=1S/C22H24F3N3O3/c1-2-31-20-17(4-3-11-26-20)14-27-19(29)15-9-12-28(13-10-15)21(30)16-5-7-18(8-6-16)22(23,24)25/h3-8,11,15H,2,9-10,12-14H2,1H3,(H,27,29). The third-order valence-corrected chi connectivity index (χ3v) is 5.20. The number of piperidine rings is 1. The normalized spacial score (nSPS) is 14.9. The molecule has 0 unspecified atom stereocenters. The lowest BCUT2D eigenvalue weighted by Gasteiger charge is -2.31. The molecule has 0 radical (unpaired) electrons. The largest absolute Gasteiger partial charge is 0.478 e. The second-order valence-electron chi connectivity index (χ2n) is 7.26. The van der Waals surface area contributed by atoms with Gasteiger partial charge in [0.15, 0.2) is 0 Å².